The lowest BCUT2D eigenvalue weighted by Crippen LogP contribution is -2.24. The molecular formula is C23H19ClN4OS. The van der Waals surface area contributed by atoms with Crippen molar-refractivity contribution in [3.63, 3.8) is 0 Å². The van der Waals surface area contributed by atoms with Gasteiger partial charge in [-0.25, -0.2) is 0 Å². The number of nitrogens with zero attached hydrogens (tertiary/aromatic N) is 3. The third kappa shape index (κ3) is 4.72. The van der Waals surface area contributed by atoms with Crippen molar-refractivity contribution in [3.8, 4) is 17.1 Å². The lowest BCUT2D eigenvalue weighted by molar-refractivity contribution is -0.118. The topological polar surface area (TPSA) is 59.8 Å². The molecule has 0 fully saturated rings. The zero-order valence-corrected chi connectivity index (χ0v) is 17.6. The number of rotatable bonds is 7. The summed E-state index contributed by atoms with van der Waals surface area (Å²) in [6.45, 7) is 0.497. The van der Waals surface area contributed by atoms with E-state index < -0.39 is 0 Å². The molecule has 30 heavy (non-hydrogen) atoms. The number of nitrogens with one attached hydrogen (secondary N) is 1. The molecule has 1 N–H and O–H groups in total. The second-order valence-corrected chi connectivity index (χ2v) is 7.86. The number of thioether (sulfide) groups is 1. The monoisotopic (exact) mass is 434 g/mol. The molecule has 0 aliphatic carbocycles. The van der Waals surface area contributed by atoms with Crippen LogP contribution in [-0.4, -0.2) is 26.4 Å². The number of carbonyl (C=O) groups is 1. The third-order valence-electron chi connectivity index (χ3n) is 4.43. The number of halogens is 1. The highest BCUT2D eigenvalue weighted by atomic mass is 35.5. The molecule has 0 aliphatic rings. The highest BCUT2D eigenvalue weighted by Gasteiger charge is 2.18. The highest BCUT2D eigenvalue weighted by molar-refractivity contribution is 7.99. The molecule has 1 heterocycles. The number of aromatic nitrogens is 3. The largest absolute Gasteiger partial charge is 0.351 e. The van der Waals surface area contributed by atoms with Crippen molar-refractivity contribution >= 4 is 29.3 Å². The molecule has 1 amide bonds. The molecule has 0 unspecified atom stereocenters. The first-order chi connectivity index (χ1) is 14.7. The zero-order chi connectivity index (χ0) is 20.8. The van der Waals surface area contributed by atoms with E-state index in [1.54, 1.807) is 0 Å². The van der Waals surface area contributed by atoms with Crippen LogP contribution in [0.25, 0.3) is 17.1 Å². The van der Waals surface area contributed by atoms with Crippen molar-refractivity contribution in [1.29, 1.82) is 0 Å². The normalized spacial score (nSPS) is 10.7. The predicted molar refractivity (Wildman–Crippen MR) is 121 cm³/mol. The smallest absolute Gasteiger partial charge is 0.230 e. The van der Waals surface area contributed by atoms with E-state index in [2.05, 4.69) is 15.5 Å². The summed E-state index contributed by atoms with van der Waals surface area (Å²) in [6, 6.07) is 27.1. The molecule has 0 bridgehead atoms. The van der Waals surface area contributed by atoms with Crippen LogP contribution in [0.2, 0.25) is 5.02 Å². The van der Waals surface area contributed by atoms with E-state index in [1.807, 2.05) is 89.5 Å². The van der Waals surface area contributed by atoms with E-state index >= 15 is 0 Å². The van der Waals surface area contributed by atoms with Crippen LogP contribution in [0, 0.1) is 0 Å². The summed E-state index contributed by atoms with van der Waals surface area (Å²) in [5, 5.41) is 12.9. The van der Waals surface area contributed by atoms with Gasteiger partial charge in [-0.3, -0.25) is 9.36 Å². The van der Waals surface area contributed by atoms with Gasteiger partial charge in [0.25, 0.3) is 0 Å². The van der Waals surface area contributed by atoms with Crippen molar-refractivity contribution in [3.05, 3.63) is 95.5 Å². The van der Waals surface area contributed by atoms with Crippen molar-refractivity contribution in [1.82, 2.24) is 20.1 Å². The molecule has 0 atom stereocenters. The zero-order valence-electron chi connectivity index (χ0n) is 16.0. The Morgan fingerprint density at radius 1 is 0.900 bits per heavy atom. The molecule has 150 valence electrons. The molecule has 1 aromatic heterocycles. The Bertz CT molecular complexity index is 1130. The van der Waals surface area contributed by atoms with Crippen LogP contribution in [0.1, 0.15) is 5.56 Å². The number of hydrogen-bond acceptors (Lipinski definition) is 4. The summed E-state index contributed by atoms with van der Waals surface area (Å²) in [5.74, 6) is 0.810. The quantitative estimate of drug-likeness (QED) is 0.416. The van der Waals surface area contributed by atoms with Gasteiger partial charge in [-0.15, -0.1) is 10.2 Å². The van der Waals surface area contributed by atoms with E-state index in [0.29, 0.717) is 22.5 Å². The number of amides is 1. The van der Waals surface area contributed by atoms with Gasteiger partial charge in [0.1, 0.15) is 0 Å². The second-order valence-electron chi connectivity index (χ2n) is 6.51. The molecule has 0 spiro atoms. The standard InChI is InChI=1S/C23H19ClN4OS/c24-20-14-8-7-13-19(20)22-26-27-23(28(22)18-11-5-2-6-12-18)30-16-21(29)25-15-17-9-3-1-4-10-17/h1-14H,15-16H2,(H,25,29). The number of para-hydroxylation sites is 1. The summed E-state index contributed by atoms with van der Waals surface area (Å²) < 4.78 is 1.93. The van der Waals surface area contributed by atoms with Gasteiger partial charge in [0.15, 0.2) is 11.0 Å². The van der Waals surface area contributed by atoms with Crippen LogP contribution >= 0.6 is 23.4 Å². The lowest BCUT2D eigenvalue weighted by Gasteiger charge is -2.11. The average molecular weight is 435 g/mol. The second kappa shape index (κ2) is 9.61. The van der Waals surface area contributed by atoms with Crippen molar-refractivity contribution < 1.29 is 4.79 Å². The molecule has 5 nitrogen and oxygen atoms in total. The predicted octanol–water partition coefficient (Wildman–Crippen LogP) is 5.00. The van der Waals surface area contributed by atoms with Gasteiger partial charge >= 0.3 is 0 Å². The van der Waals surface area contributed by atoms with E-state index in [4.69, 9.17) is 11.6 Å². The first-order valence-corrected chi connectivity index (χ1v) is 10.8. The molecule has 4 aromatic rings. The minimum Gasteiger partial charge on any atom is -0.351 e. The number of benzene rings is 3. The summed E-state index contributed by atoms with van der Waals surface area (Å²) in [4.78, 5) is 12.4. The summed E-state index contributed by atoms with van der Waals surface area (Å²) in [7, 11) is 0. The molecule has 0 saturated carbocycles. The maximum atomic E-state index is 12.4. The first kappa shape index (κ1) is 20.2. The van der Waals surface area contributed by atoms with Crippen LogP contribution in [0.5, 0.6) is 0 Å². The van der Waals surface area contributed by atoms with E-state index in [-0.39, 0.29) is 11.7 Å². The Morgan fingerprint density at radius 2 is 1.57 bits per heavy atom. The van der Waals surface area contributed by atoms with Crippen molar-refractivity contribution in [2.75, 3.05) is 5.75 Å². The fourth-order valence-corrected chi connectivity index (χ4v) is 3.97. The van der Waals surface area contributed by atoms with E-state index in [9.17, 15) is 4.79 Å². The van der Waals surface area contributed by atoms with Crippen LogP contribution in [0.4, 0.5) is 0 Å². The van der Waals surface area contributed by atoms with Gasteiger partial charge in [0.05, 0.1) is 10.8 Å². The Morgan fingerprint density at radius 3 is 2.30 bits per heavy atom. The molecular weight excluding hydrogens is 416 g/mol. The Labute approximate surface area is 184 Å². The number of carbonyl (C=O) groups excluding carboxylic acids is 1. The maximum Gasteiger partial charge on any atom is 0.230 e. The minimum absolute atomic E-state index is 0.0641. The summed E-state index contributed by atoms with van der Waals surface area (Å²) >= 11 is 7.74. The fourth-order valence-electron chi connectivity index (χ4n) is 2.97. The van der Waals surface area contributed by atoms with Crippen LogP contribution in [0.3, 0.4) is 0 Å². The van der Waals surface area contributed by atoms with Crippen LogP contribution < -0.4 is 5.32 Å². The van der Waals surface area contributed by atoms with Crippen LogP contribution in [0.15, 0.2) is 90.1 Å². The van der Waals surface area contributed by atoms with Gasteiger partial charge in [-0.2, -0.15) is 0 Å². The highest BCUT2D eigenvalue weighted by Crippen LogP contribution is 2.31. The SMILES string of the molecule is O=C(CSc1nnc(-c2ccccc2Cl)n1-c1ccccc1)NCc1ccccc1. The lowest BCUT2D eigenvalue weighted by atomic mass is 10.2. The molecule has 4 rings (SSSR count). The molecule has 7 heteroatoms. The van der Waals surface area contributed by atoms with Crippen LogP contribution in [-0.2, 0) is 11.3 Å². The van der Waals surface area contributed by atoms with Crippen molar-refractivity contribution in [2.45, 2.75) is 11.7 Å². The van der Waals surface area contributed by atoms with E-state index in [1.165, 1.54) is 11.8 Å². The fraction of sp³-hybridized carbons (Fsp3) is 0.0870. The molecule has 0 aliphatic heterocycles. The van der Waals surface area contributed by atoms with Gasteiger partial charge in [0.2, 0.25) is 5.91 Å². The molecule has 3 aromatic carbocycles. The van der Waals surface area contributed by atoms with Gasteiger partial charge in [0, 0.05) is 17.8 Å². The third-order valence-corrected chi connectivity index (χ3v) is 5.69. The van der Waals surface area contributed by atoms with Gasteiger partial charge < -0.3 is 5.32 Å². The minimum atomic E-state index is -0.0641. The molecule has 0 saturated heterocycles. The Balaban J connectivity index is 1.55. The summed E-state index contributed by atoms with van der Waals surface area (Å²) in [6.07, 6.45) is 0. The average Bonchev–Trinajstić information content (AvgIpc) is 3.21. The van der Waals surface area contributed by atoms with Gasteiger partial charge in [-0.1, -0.05) is 84.0 Å². The van der Waals surface area contributed by atoms with Crippen molar-refractivity contribution in [2.24, 2.45) is 0 Å². The first-order valence-electron chi connectivity index (χ1n) is 9.41. The Kier molecular flexibility index (Phi) is 6.47. The number of hydrogen-bond donors (Lipinski definition) is 1. The molecule has 0 radical (unpaired) electrons. The van der Waals surface area contributed by atoms with Gasteiger partial charge in [-0.05, 0) is 29.8 Å². The Hall–Kier alpha value is -3.09. The maximum absolute atomic E-state index is 12.4. The van der Waals surface area contributed by atoms with E-state index in [0.717, 1.165) is 16.8 Å². The summed E-state index contributed by atoms with van der Waals surface area (Å²) in [5.41, 5.74) is 2.75.